The SMILES string of the molecule is CCCCCCCCCCCCCCCCCCC(=O)OCCCCCCCCCCCCCCC(C)C. The summed E-state index contributed by atoms with van der Waals surface area (Å²) in [5.41, 5.74) is 0. The van der Waals surface area contributed by atoms with E-state index in [2.05, 4.69) is 20.8 Å². The summed E-state index contributed by atoms with van der Waals surface area (Å²) >= 11 is 0. The Kier molecular flexibility index (Phi) is 32.2. The maximum absolute atomic E-state index is 11.9. The van der Waals surface area contributed by atoms with Crippen molar-refractivity contribution in [1.82, 2.24) is 0 Å². The standard InChI is InChI=1S/C36H72O2/c1-4-5-6-7-8-9-10-11-12-13-14-18-21-24-27-30-33-36(37)38-34-31-28-25-22-19-16-15-17-20-23-26-29-32-35(2)3/h35H,4-34H2,1-3H3. The molecule has 0 heterocycles. The van der Waals surface area contributed by atoms with Crippen molar-refractivity contribution in [1.29, 1.82) is 0 Å². The van der Waals surface area contributed by atoms with Crippen LogP contribution in [0, 0.1) is 5.92 Å². The molecule has 0 amide bonds. The van der Waals surface area contributed by atoms with Crippen molar-refractivity contribution in [3.05, 3.63) is 0 Å². The highest BCUT2D eigenvalue weighted by atomic mass is 16.5. The molecule has 0 aromatic carbocycles. The highest BCUT2D eigenvalue weighted by Crippen LogP contribution is 2.16. The second kappa shape index (κ2) is 32.7. The van der Waals surface area contributed by atoms with Crippen molar-refractivity contribution in [3.63, 3.8) is 0 Å². The summed E-state index contributed by atoms with van der Waals surface area (Å²) in [6, 6.07) is 0. The van der Waals surface area contributed by atoms with Crippen LogP contribution in [0.4, 0.5) is 0 Å². The normalized spacial score (nSPS) is 11.5. The third-order valence-corrected chi connectivity index (χ3v) is 8.17. The molecule has 0 aliphatic heterocycles. The van der Waals surface area contributed by atoms with Gasteiger partial charge in [0.05, 0.1) is 6.61 Å². The molecule has 0 N–H and O–H groups in total. The van der Waals surface area contributed by atoms with E-state index >= 15 is 0 Å². The van der Waals surface area contributed by atoms with Gasteiger partial charge in [-0.1, -0.05) is 194 Å². The Balaban J connectivity index is 3.15. The monoisotopic (exact) mass is 537 g/mol. The number of carbonyl (C=O) groups excluding carboxylic acids is 1. The number of hydrogen-bond donors (Lipinski definition) is 0. The van der Waals surface area contributed by atoms with Gasteiger partial charge in [-0.3, -0.25) is 4.79 Å². The zero-order valence-corrected chi connectivity index (χ0v) is 26.8. The molecule has 0 fully saturated rings. The van der Waals surface area contributed by atoms with E-state index in [4.69, 9.17) is 4.74 Å². The minimum absolute atomic E-state index is 0.0274. The molecule has 2 heteroatoms. The van der Waals surface area contributed by atoms with Crippen LogP contribution < -0.4 is 0 Å². The minimum atomic E-state index is 0.0274. The fraction of sp³-hybridized carbons (Fsp3) is 0.972. The zero-order valence-electron chi connectivity index (χ0n) is 26.8. The minimum Gasteiger partial charge on any atom is -0.466 e. The Bertz CT molecular complexity index is 445. The molecule has 228 valence electrons. The Hall–Kier alpha value is -0.530. The van der Waals surface area contributed by atoms with Crippen LogP contribution in [0.2, 0.25) is 0 Å². The number of unbranched alkanes of at least 4 members (excludes halogenated alkanes) is 26. The highest BCUT2D eigenvalue weighted by molar-refractivity contribution is 5.69. The van der Waals surface area contributed by atoms with Crippen LogP contribution in [0.15, 0.2) is 0 Å². The van der Waals surface area contributed by atoms with Gasteiger partial charge in [0.1, 0.15) is 0 Å². The predicted molar refractivity (Wildman–Crippen MR) is 170 cm³/mol. The lowest BCUT2D eigenvalue weighted by Crippen LogP contribution is -2.05. The van der Waals surface area contributed by atoms with Gasteiger partial charge in [-0.05, 0) is 18.8 Å². The molecule has 2 nitrogen and oxygen atoms in total. The summed E-state index contributed by atoms with van der Waals surface area (Å²) in [7, 11) is 0. The Labute approximate surface area is 241 Å². The molecule has 0 aliphatic carbocycles. The van der Waals surface area contributed by atoms with Crippen molar-refractivity contribution in [2.75, 3.05) is 6.61 Å². The van der Waals surface area contributed by atoms with E-state index in [1.165, 1.54) is 173 Å². The molecule has 0 atom stereocenters. The Morgan fingerprint density at radius 3 is 1.13 bits per heavy atom. The van der Waals surface area contributed by atoms with Gasteiger partial charge in [-0.15, -0.1) is 0 Å². The summed E-state index contributed by atoms with van der Waals surface area (Å²) in [6.07, 6.45) is 40.2. The van der Waals surface area contributed by atoms with Gasteiger partial charge in [0.25, 0.3) is 0 Å². The smallest absolute Gasteiger partial charge is 0.305 e. The molecule has 38 heavy (non-hydrogen) atoms. The molecular formula is C36H72O2. The quantitative estimate of drug-likeness (QED) is 0.0631. The molecule has 0 radical (unpaired) electrons. The molecular weight excluding hydrogens is 464 g/mol. The predicted octanol–water partition coefficient (Wildman–Crippen LogP) is 12.9. The van der Waals surface area contributed by atoms with Crippen molar-refractivity contribution in [3.8, 4) is 0 Å². The lowest BCUT2D eigenvalue weighted by atomic mass is 10.0. The number of esters is 1. The lowest BCUT2D eigenvalue weighted by molar-refractivity contribution is -0.143. The van der Waals surface area contributed by atoms with Gasteiger partial charge < -0.3 is 4.74 Å². The maximum Gasteiger partial charge on any atom is 0.305 e. The lowest BCUT2D eigenvalue weighted by Gasteiger charge is -2.06. The van der Waals surface area contributed by atoms with Gasteiger partial charge in [-0.25, -0.2) is 0 Å². The summed E-state index contributed by atoms with van der Waals surface area (Å²) < 4.78 is 5.44. The molecule has 0 aromatic heterocycles. The van der Waals surface area contributed by atoms with E-state index in [9.17, 15) is 4.79 Å². The van der Waals surface area contributed by atoms with E-state index < -0.39 is 0 Å². The van der Waals surface area contributed by atoms with E-state index in [1.54, 1.807) is 0 Å². The summed E-state index contributed by atoms with van der Waals surface area (Å²) in [4.78, 5) is 11.9. The summed E-state index contributed by atoms with van der Waals surface area (Å²) in [5, 5.41) is 0. The van der Waals surface area contributed by atoms with Crippen molar-refractivity contribution in [2.45, 2.75) is 213 Å². The topological polar surface area (TPSA) is 26.3 Å². The molecule has 0 unspecified atom stereocenters. The Morgan fingerprint density at radius 1 is 0.447 bits per heavy atom. The first-order chi connectivity index (χ1) is 18.7. The fourth-order valence-corrected chi connectivity index (χ4v) is 5.50. The van der Waals surface area contributed by atoms with Gasteiger partial charge in [0.15, 0.2) is 0 Å². The third kappa shape index (κ3) is 33.5. The van der Waals surface area contributed by atoms with Gasteiger partial charge in [0, 0.05) is 6.42 Å². The molecule has 0 bridgehead atoms. The molecule has 0 aliphatic rings. The first kappa shape index (κ1) is 37.5. The van der Waals surface area contributed by atoms with Crippen LogP contribution in [-0.4, -0.2) is 12.6 Å². The zero-order chi connectivity index (χ0) is 27.8. The van der Waals surface area contributed by atoms with Crippen LogP contribution in [-0.2, 0) is 9.53 Å². The van der Waals surface area contributed by atoms with Gasteiger partial charge in [0.2, 0.25) is 0 Å². The van der Waals surface area contributed by atoms with Crippen molar-refractivity contribution >= 4 is 5.97 Å². The van der Waals surface area contributed by atoms with Gasteiger partial charge in [-0.2, -0.15) is 0 Å². The molecule has 0 spiro atoms. The fourth-order valence-electron chi connectivity index (χ4n) is 5.50. The number of ether oxygens (including phenoxy) is 1. The van der Waals surface area contributed by atoms with Crippen LogP contribution in [0.5, 0.6) is 0 Å². The number of hydrogen-bond acceptors (Lipinski definition) is 2. The van der Waals surface area contributed by atoms with Gasteiger partial charge >= 0.3 is 5.97 Å². The average Bonchev–Trinajstić information content (AvgIpc) is 2.90. The summed E-state index contributed by atoms with van der Waals surface area (Å²) in [6.45, 7) is 7.58. The third-order valence-electron chi connectivity index (χ3n) is 8.17. The van der Waals surface area contributed by atoms with E-state index in [-0.39, 0.29) is 5.97 Å². The molecule has 0 saturated carbocycles. The number of carbonyl (C=O) groups is 1. The average molecular weight is 537 g/mol. The molecule has 0 rings (SSSR count). The van der Waals surface area contributed by atoms with Crippen LogP contribution in [0.1, 0.15) is 213 Å². The molecule has 0 aromatic rings. The van der Waals surface area contributed by atoms with Crippen molar-refractivity contribution in [2.24, 2.45) is 5.92 Å². The van der Waals surface area contributed by atoms with E-state index in [0.29, 0.717) is 13.0 Å². The number of rotatable bonds is 32. The maximum atomic E-state index is 11.9. The first-order valence-corrected chi connectivity index (χ1v) is 17.8. The largest absolute Gasteiger partial charge is 0.466 e. The van der Waals surface area contributed by atoms with Crippen LogP contribution in [0.3, 0.4) is 0 Å². The Morgan fingerprint density at radius 2 is 0.763 bits per heavy atom. The second-order valence-electron chi connectivity index (χ2n) is 12.7. The van der Waals surface area contributed by atoms with E-state index in [0.717, 1.165) is 18.8 Å². The second-order valence-corrected chi connectivity index (χ2v) is 12.7. The molecule has 0 saturated heterocycles. The highest BCUT2D eigenvalue weighted by Gasteiger charge is 2.03. The van der Waals surface area contributed by atoms with Crippen molar-refractivity contribution < 1.29 is 9.53 Å². The van der Waals surface area contributed by atoms with Crippen LogP contribution >= 0.6 is 0 Å². The van der Waals surface area contributed by atoms with E-state index in [1.807, 2.05) is 0 Å². The summed E-state index contributed by atoms with van der Waals surface area (Å²) in [5.74, 6) is 0.898. The van der Waals surface area contributed by atoms with Crippen LogP contribution in [0.25, 0.3) is 0 Å². The first-order valence-electron chi connectivity index (χ1n) is 17.8.